The zero-order valence-electron chi connectivity index (χ0n) is 15.9. The summed E-state index contributed by atoms with van der Waals surface area (Å²) in [4.78, 5) is 13.4. The maximum atomic E-state index is 12.2. The molecule has 0 saturated heterocycles. The average molecular weight is 391 g/mol. The number of benzene rings is 2. The number of fused-ring (bicyclic) bond motifs is 1. The molecule has 4 aromatic rings. The minimum absolute atomic E-state index is 0.247. The highest BCUT2D eigenvalue weighted by Crippen LogP contribution is 2.28. The van der Waals surface area contributed by atoms with Gasteiger partial charge in [0.2, 0.25) is 0 Å². The van der Waals surface area contributed by atoms with Gasteiger partial charge in [-0.2, -0.15) is 5.10 Å². The number of nitrogens with one attached hydrogen (secondary N) is 3. The molecule has 6 heteroatoms. The van der Waals surface area contributed by atoms with Crippen LogP contribution in [0.3, 0.4) is 0 Å². The van der Waals surface area contributed by atoms with Crippen LogP contribution in [0.2, 0.25) is 0 Å². The van der Waals surface area contributed by atoms with Crippen LogP contribution in [0.5, 0.6) is 0 Å². The second-order valence-corrected chi connectivity index (χ2v) is 7.95. The van der Waals surface area contributed by atoms with Gasteiger partial charge in [0.1, 0.15) is 0 Å². The van der Waals surface area contributed by atoms with Gasteiger partial charge in [0.15, 0.2) is 5.82 Å². The predicted molar refractivity (Wildman–Crippen MR) is 116 cm³/mol. The van der Waals surface area contributed by atoms with E-state index >= 15 is 0 Å². The molecule has 28 heavy (non-hydrogen) atoms. The predicted octanol–water partition coefficient (Wildman–Crippen LogP) is 5.27. The Labute approximate surface area is 167 Å². The summed E-state index contributed by atoms with van der Waals surface area (Å²) in [6, 6.07) is 16.5. The van der Waals surface area contributed by atoms with Crippen molar-refractivity contribution < 1.29 is 4.79 Å². The second-order valence-electron chi connectivity index (χ2n) is 6.92. The Hall–Kier alpha value is -3.12. The normalized spacial score (nSPS) is 10.9. The van der Waals surface area contributed by atoms with E-state index in [9.17, 15) is 4.79 Å². The molecule has 0 aliphatic carbocycles. The Balaban J connectivity index is 1.46. The third-order valence-corrected chi connectivity index (χ3v) is 5.52. The summed E-state index contributed by atoms with van der Waals surface area (Å²) < 4.78 is 0. The van der Waals surface area contributed by atoms with Crippen LogP contribution in [-0.2, 0) is 6.42 Å². The first-order valence-corrected chi connectivity index (χ1v) is 10.1. The van der Waals surface area contributed by atoms with Crippen LogP contribution in [-0.4, -0.2) is 22.8 Å². The van der Waals surface area contributed by atoms with Gasteiger partial charge in [-0.05, 0) is 55.0 Å². The molecule has 0 radical (unpaired) electrons. The Morgan fingerprint density at radius 1 is 1.07 bits per heavy atom. The highest BCUT2D eigenvalue weighted by molar-refractivity contribution is 7.09. The van der Waals surface area contributed by atoms with E-state index in [1.807, 2.05) is 17.5 Å². The first kappa shape index (κ1) is 18.3. The summed E-state index contributed by atoms with van der Waals surface area (Å²) in [6.45, 7) is 4.79. The fourth-order valence-corrected chi connectivity index (χ4v) is 4.05. The molecule has 0 atom stereocenters. The van der Waals surface area contributed by atoms with Gasteiger partial charge in [0, 0.05) is 16.8 Å². The summed E-state index contributed by atoms with van der Waals surface area (Å²) in [5, 5.41) is 15.9. The van der Waals surface area contributed by atoms with Gasteiger partial charge in [0.05, 0.1) is 5.52 Å². The van der Waals surface area contributed by atoms with E-state index < -0.39 is 0 Å². The lowest BCUT2D eigenvalue weighted by Gasteiger charge is -2.07. The number of aryl methyl sites for hydroxylation is 2. The molecule has 0 aliphatic heterocycles. The zero-order valence-corrected chi connectivity index (χ0v) is 16.7. The number of nitrogens with zero attached hydrogens (tertiary/aromatic N) is 1. The number of anilines is 1. The SMILES string of the molecule is Cc1cc(C)cc(-c2ccc3c(NC(=O)NCCc4cccs4)n[nH]c3c2)c1. The number of amides is 2. The number of aromatic nitrogens is 2. The molecule has 0 fully saturated rings. The molecule has 0 spiro atoms. The van der Waals surface area contributed by atoms with E-state index in [-0.39, 0.29) is 6.03 Å². The molecular weight excluding hydrogens is 368 g/mol. The topological polar surface area (TPSA) is 69.8 Å². The van der Waals surface area contributed by atoms with Gasteiger partial charge in [-0.15, -0.1) is 11.3 Å². The molecule has 2 amide bonds. The van der Waals surface area contributed by atoms with Crippen LogP contribution in [0.15, 0.2) is 53.9 Å². The maximum Gasteiger partial charge on any atom is 0.320 e. The minimum Gasteiger partial charge on any atom is -0.337 e. The van der Waals surface area contributed by atoms with E-state index in [1.54, 1.807) is 11.3 Å². The Morgan fingerprint density at radius 2 is 1.89 bits per heavy atom. The molecule has 5 nitrogen and oxygen atoms in total. The molecule has 0 unspecified atom stereocenters. The maximum absolute atomic E-state index is 12.2. The molecule has 0 saturated carbocycles. The first-order chi connectivity index (χ1) is 13.6. The lowest BCUT2D eigenvalue weighted by molar-refractivity contribution is 0.252. The van der Waals surface area contributed by atoms with E-state index in [2.05, 4.69) is 71.1 Å². The molecule has 3 N–H and O–H groups in total. The van der Waals surface area contributed by atoms with Crippen molar-refractivity contribution in [3.8, 4) is 11.1 Å². The van der Waals surface area contributed by atoms with Gasteiger partial charge in [-0.3, -0.25) is 10.4 Å². The third-order valence-electron chi connectivity index (χ3n) is 4.59. The summed E-state index contributed by atoms with van der Waals surface area (Å²) in [7, 11) is 0. The fraction of sp³-hybridized carbons (Fsp3) is 0.182. The van der Waals surface area contributed by atoms with E-state index in [4.69, 9.17) is 0 Å². The van der Waals surface area contributed by atoms with Crippen LogP contribution in [0.25, 0.3) is 22.0 Å². The van der Waals surface area contributed by atoms with E-state index in [0.717, 1.165) is 22.9 Å². The smallest absolute Gasteiger partial charge is 0.320 e. The van der Waals surface area contributed by atoms with Crippen LogP contribution in [0, 0.1) is 13.8 Å². The Morgan fingerprint density at radius 3 is 2.64 bits per heavy atom. The van der Waals surface area contributed by atoms with Gasteiger partial charge in [-0.1, -0.05) is 41.5 Å². The van der Waals surface area contributed by atoms with Crippen molar-refractivity contribution in [2.45, 2.75) is 20.3 Å². The van der Waals surface area contributed by atoms with Crippen molar-refractivity contribution in [1.82, 2.24) is 15.5 Å². The van der Waals surface area contributed by atoms with Crippen molar-refractivity contribution in [2.24, 2.45) is 0 Å². The van der Waals surface area contributed by atoms with Gasteiger partial charge in [-0.25, -0.2) is 4.79 Å². The molecular formula is C22H22N4OS. The number of rotatable bonds is 5. The number of thiophene rings is 1. The van der Waals surface area contributed by atoms with Crippen LogP contribution in [0.1, 0.15) is 16.0 Å². The highest BCUT2D eigenvalue weighted by atomic mass is 32.1. The average Bonchev–Trinajstić information content (AvgIpc) is 3.31. The zero-order chi connectivity index (χ0) is 19.5. The van der Waals surface area contributed by atoms with Gasteiger partial charge >= 0.3 is 6.03 Å². The summed E-state index contributed by atoms with van der Waals surface area (Å²) >= 11 is 1.69. The third kappa shape index (κ3) is 4.07. The van der Waals surface area contributed by atoms with Crippen LogP contribution in [0.4, 0.5) is 10.6 Å². The van der Waals surface area contributed by atoms with Crippen molar-refractivity contribution in [3.05, 3.63) is 69.9 Å². The Bertz CT molecular complexity index is 1090. The fourth-order valence-electron chi connectivity index (χ4n) is 3.34. The number of carbonyl (C=O) groups excluding carboxylic acids is 1. The molecule has 2 aromatic heterocycles. The van der Waals surface area contributed by atoms with Crippen molar-refractivity contribution in [2.75, 3.05) is 11.9 Å². The number of hydrogen-bond acceptors (Lipinski definition) is 3. The Kier molecular flexibility index (Phi) is 5.12. The number of urea groups is 1. The number of carbonyl (C=O) groups is 1. The highest BCUT2D eigenvalue weighted by Gasteiger charge is 2.10. The minimum atomic E-state index is -0.247. The molecule has 142 valence electrons. The largest absolute Gasteiger partial charge is 0.337 e. The number of aromatic amines is 1. The van der Waals surface area contributed by atoms with Crippen LogP contribution < -0.4 is 10.6 Å². The first-order valence-electron chi connectivity index (χ1n) is 9.22. The van der Waals surface area contributed by atoms with E-state index in [0.29, 0.717) is 12.4 Å². The summed E-state index contributed by atoms with van der Waals surface area (Å²) in [5.74, 6) is 0.538. The molecule has 2 heterocycles. The molecule has 0 bridgehead atoms. The van der Waals surface area contributed by atoms with Crippen molar-refractivity contribution in [3.63, 3.8) is 0 Å². The summed E-state index contributed by atoms with van der Waals surface area (Å²) in [5.41, 5.74) is 5.66. The van der Waals surface area contributed by atoms with Gasteiger partial charge < -0.3 is 5.32 Å². The molecule has 0 aliphatic rings. The lowest BCUT2D eigenvalue weighted by Crippen LogP contribution is -2.30. The quantitative estimate of drug-likeness (QED) is 0.434. The summed E-state index contributed by atoms with van der Waals surface area (Å²) in [6.07, 6.45) is 0.825. The van der Waals surface area contributed by atoms with E-state index in [1.165, 1.54) is 21.6 Å². The molecule has 4 rings (SSSR count). The standard InChI is InChI=1S/C22H22N4OS/c1-14-10-15(2)12-17(11-14)16-5-6-19-20(13-16)25-26-21(19)24-22(27)23-8-7-18-4-3-9-28-18/h3-6,9-13H,7-8H2,1-2H3,(H3,23,24,25,26,27). The van der Waals surface area contributed by atoms with Crippen molar-refractivity contribution >= 4 is 34.1 Å². The van der Waals surface area contributed by atoms with Gasteiger partial charge in [0.25, 0.3) is 0 Å². The number of hydrogen-bond donors (Lipinski definition) is 3. The lowest BCUT2D eigenvalue weighted by atomic mass is 10.00. The van der Waals surface area contributed by atoms with Crippen LogP contribution >= 0.6 is 11.3 Å². The molecule has 2 aromatic carbocycles. The number of H-pyrrole nitrogens is 1. The monoisotopic (exact) mass is 390 g/mol. The van der Waals surface area contributed by atoms with Crippen molar-refractivity contribution in [1.29, 1.82) is 0 Å². The second kappa shape index (κ2) is 7.86.